The van der Waals surface area contributed by atoms with Gasteiger partial charge in [-0.05, 0) is 0 Å². The second kappa shape index (κ2) is 7.07. The quantitative estimate of drug-likeness (QED) is 0.458. The summed E-state index contributed by atoms with van der Waals surface area (Å²) >= 11 is 3.65. The minimum Gasteiger partial charge on any atom is -0.480 e. The molecular weight excluding hydrogens is 224 g/mol. The molecule has 1 rings (SSSR count). The Kier molecular flexibility index (Phi) is 6.47. The fourth-order valence-electron chi connectivity index (χ4n) is 0.543. The van der Waals surface area contributed by atoms with Crippen LogP contribution in [0.15, 0.2) is 4.99 Å². The molecule has 15 heavy (non-hydrogen) atoms. The number of nitrogens with zero attached hydrogens (tertiary/aromatic N) is 1. The van der Waals surface area contributed by atoms with Crippen LogP contribution >= 0.6 is 12.6 Å². The first-order valence-electron chi connectivity index (χ1n) is 3.98. The number of aliphatic carboxylic acids is 2. The maximum absolute atomic E-state index is 9.95. The second-order valence-corrected chi connectivity index (χ2v) is 2.83. The van der Waals surface area contributed by atoms with E-state index in [0.717, 1.165) is 0 Å². The van der Waals surface area contributed by atoms with E-state index in [-0.39, 0.29) is 11.7 Å². The predicted octanol–water partition coefficient (Wildman–Crippen LogP) is -1.17. The number of carboxylic acid groups (broad SMARTS) is 2. The molecule has 1 heterocycles. The first-order valence-corrected chi connectivity index (χ1v) is 4.62. The number of hydrogen-bond acceptors (Lipinski definition) is 6. The van der Waals surface area contributed by atoms with Gasteiger partial charge in [0.15, 0.2) is 0 Å². The standard InChI is InChI=1S/C4H5NO3.C3H7NO2S/c6-4(7)3-5-1-2-8-3;4-2(1-7)3(5)6/h1-2H2,(H,6,7);2,7H,1,4H2,(H,5,6)/t;2-/m.0/s1. The monoisotopic (exact) mass is 236 g/mol. The van der Waals surface area contributed by atoms with Crippen molar-refractivity contribution in [1.29, 1.82) is 0 Å². The Labute approximate surface area is 91.3 Å². The summed E-state index contributed by atoms with van der Waals surface area (Å²) in [4.78, 5) is 23.2. The van der Waals surface area contributed by atoms with Crippen molar-refractivity contribution in [2.75, 3.05) is 18.9 Å². The van der Waals surface area contributed by atoms with Crippen LogP contribution in [0.2, 0.25) is 0 Å². The van der Waals surface area contributed by atoms with Crippen molar-refractivity contribution in [3.63, 3.8) is 0 Å². The highest BCUT2D eigenvalue weighted by atomic mass is 32.1. The first kappa shape index (κ1) is 13.7. The fraction of sp³-hybridized carbons (Fsp3) is 0.571. The van der Waals surface area contributed by atoms with E-state index in [0.29, 0.717) is 13.2 Å². The molecule has 7 nitrogen and oxygen atoms in total. The normalized spacial score (nSPS) is 15.5. The fourth-order valence-corrected chi connectivity index (χ4v) is 0.699. The lowest BCUT2D eigenvalue weighted by Crippen LogP contribution is -2.31. The largest absolute Gasteiger partial charge is 0.480 e. The Morgan fingerprint density at radius 2 is 2.20 bits per heavy atom. The van der Waals surface area contributed by atoms with Crippen LogP contribution < -0.4 is 5.73 Å². The Hall–Kier alpha value is -1.28. The van der Waals surface area contributed by atoms with Gasteiger partial charge >= 0.3 is 11.9 Å². The second-order valence-electron chi connectivity index (χ2n) is 2.47. The van der Waals surface area contributed by atoms with Crippen LogP contribution in [0.3, 0.4) is 0 Å². The summed E-state index contributed by atoms with van der Waals surface area (Å²) in [5, 5.41) is 16.2. The number of rotatable bonds is 3. The van der Waals surface area contributed by atoms with Crippen molar-refractivity contribution >= 4 is 30.5 Å². The molecular formula is C7H12N2O5S. The topological polar surface area (TPSA) is 122 Å². The average molecular weight is 236 g/mol. The van der Waals surface area contributed by atoms with Gasteiger partial charge in [0.25, 0.3) is 5.90 Å². The van der Waals surface area contributed by atoms with Gasteiger partial charge in [0, 0.05) is 5.75 Å². The zero-order valence-electron chi connectivity index (χ0n) is 7.79. The van der Waals surface area contributed by atoms with Crippen LogP contribution in [-0.4, -0.2) is 53.0 Å². The minimum absolute atomic E-state index is 0.162. The SMILES string of the molecule is N[C@@H](CS)C(=O)O.O=C(O)C1=NCCO1. The summed E-state index contributed by atoms with van der Waals surface area (Å²) in [7, 11) is 0. The molecule has 0 aromatic rings. The van der Waals surface area contributed by atoms with Gasteiger partial charge < -0.3 is 20.7 Å². The molecule has 0 amide bonds. The zero-order valence-corrected chi connectivity index (χ0v) is 8.68. The number of hydrogen-bond donors (Lipinski definition) is 4. The van der Waals surface area contributed by atoms with E-state index >= 15 is 0 Å². The molecule has 0 aromatic carbocycles. The van der Waals surface area contributed by atoms with Crippen LogP contribution in [0.5, 0.6) is 0 Å². The lowest BCUT2D eigenvalue weighted by molar-refractivity contribution is -0.138. The molecule has 0 aliphatic carbocycles. The van der Waals surface area contributed by atoms with E-state index in [9.17, 15) is 9.59 Å². The van der Waals surface area contributed by atoms with Crippen molar-refractivity contribution in [2.45, 2.75) is 6.04 Å². The van der Waals surface area contributed by atoms with E-state index in [4.69, 9.17) is 15.9 Å². The smallest absolute Gasteiger partial charge is 0.391 e. The van der Waals surface area contributed by atoms with Crippen LogP contribution in [-0.2, 0) is 14.3 Å². The first-order chi connectivity index (χ1) is 6.99. The number of carbonyl (C=O) groups is 2. The molecule has 4 N–H and O–H groups in total. The molecule has 0 bridgehead atoms. The highest BCUT2D eigenvalue weighted by molar-refractivity contribution is 7.80. The minimum atomic E-state index is -1.08. The van der Waals surface area contributed by atoms with Crippen molar-refractivity contribution in [1.82, 2.24) is 0 Å². The van der Waals surface area contributed by atoms with E-state index in [1.807, 2.05) is 0 Å². The molecule has 0 saturated carbocycles. The van der Waals surface area contributed by atoms with Gasteiger partial charge in [-0.1, -0.05) is 0 Å². The van der Waals surface area contributed by atoms with Gasteiger partial charge in [0.2, 0.25) is 0 Å². The Morgan fingerprint density at radius 1 is 1.60 bits per heavy atom. The molecule has 0 fully saturated rings. The molecule has 0 unspecified atom stereocenters. The number of carboxylic acids is 2. The zero-order chi connectivity index (χ0) is 11.8. The van der Waals surface area contributed by atoms with Gasteiger partial charge in [-0.2, -0.15) is 12.6 Å². The summed E-state index contributed by atoms with van der Waals surface area (Å²) in [6.07, 6.45) is 0. The van der Waals surface area contributed by atoms with Crippen LogP contribution in [0.1, 0.15) is 0 Å². The molecule has 1 aliphatic rings. The van der Waals surface area contributed by atoms with Crippen molar-refractivity contribution in [3.05, 3.63) is 0 Å². The molecule has 0 radical (unpaired) electrons. The van der Waals surface area contributed by atoms with E-state index in [1.165, 1.54) is 0 Å². The molecule has 1 aliphatic heterocycles. The maximum Gasteiger partial charge on any atom is 0.391 e. The Morgan fingerprint density at radius 3 is 2.33 bits per heavy atom. The Bertz CT molecular complexity index is 268. The molecule has 86 valence electrons. The molecule has 0 aromatic heterocycles. The Balaban J connectivity index is 0.000000265. The van der Waals surface area contributed by atoms with Crippen molar-refractivity contribution in [2.24, 2.45) is 10.7 Å². The summed E-state index contributed by atoms with van der Waals surface area (Å²) in [6, 6.07) is -0.816. The number of ether oxygens (including phenoxy) is 1. The van der Waals surface area contributed by atoms with E-state index < -0.39 is 18.0 Å². The van der Waals surface area contributed by atoms with Gasteiger partial charge in [-0.15, -0.1) is 0 Å². The molecule has 1 atom stereocenters. The lowest BCUT2D eigenvalue weighted by Gasteiger charge is -1.96. The highest BCUT2D eigenvalue weighted by Gasteiger charge is 2.14. The van der Waals surface area contributed by atoms with Crippen molar-refractivity contribution in [3.8, 4) is 0 Å². The highest BCUT2D eigenvalue weighted by Crippen LogP contribution is 1.92. The molecule has 0 saturated heterocycles. The lowest BCUT2D eigenvalue weighted by atomic mass is 10.4. The third-order valence-electron chi connectivity index (χ3n) is 1.28. The van der Waals surface area contributed by atoms with Crippen molar-refractivity contribution < 1.29 is 24.5 Å². The number of aliphatic imine (C=N–C) groups is 1. The van der Waals surface area contributed by atoms with Gasteiger partial charge in [0.1, 0.15) is 12.6 Å². The predicted molar refractivity (Wildman–Crippen MR) is 55.4 cm³/mol. The number of thiol groups is 1. The maximum atomic E-state index is 9.95. The van der Waals surface area contributed by atoms with Crippen LogP contribution in [0, 0.1) is 0 Å². The van der Waals surface area contributed by atoms with E-state index in [1.54, 1.807) is 0 Å². The average Bonchev–Trinajstić information content (AvgIpc) is 2.70. The van der Waals surface area contributed by atoms with Gasteiger partial charge in [-0.25, -0.2) is 9.79 Å². The van der Waals surface area contributed by atoms with Gasteiger partial charge in [-0.3, -0.25) is 4.79 Å². The molecule has 0 spiro atoms. The summed E-state index contributed by atoms with van der Waals surface area (Å²) in [5.41, 5.74) is 4.94. The van der Waals surface area contributed by atoms with Crippen LogP contribution in [0.25, 0.3) is 0 Å². The summed E-state index contributed by atoms with van der Waals surface area (Å²) in [6.45, 7) is 0.878. The molecule has 8 heteroatoms. The van der Waals surface area contributed by atoms with Crippen LogP contribution in [0.4, 0.5) is 0 Å². The number of nitrogens with two attached hydrogens (primary N) is 1. The summed E-state index contributed by atoms with van der Waals surface area (Å²) < 4.78 is 4.56. The summed E-state index contributed by atoms with van der Waals surface area (Å²) in [5.74, 6) is -2.06. The van der Waals surface area contributed by atoms with Gasteiger partial charge in [0.05, 0.1) is 6.54 Å². The third kappa shape index (κ3) is 5.92. The third-order valence-corrected chi connectivity index (χ3v) is 1.68. The van der Waals surface area contributed by atoms with E-state index in [2.05, 4.69) is 22.4 Å².